The molecule has 8 nitrogen and oxygen atoms in total. The molecule has 0 aromatic carbocycles. The van der Waals surface area contributed by atoms with E-state index in [1.807, 2.05) is 0 Å². The fourth-order valence-corrected chi connectivity index (χ4v) is 2.79. The Hall–Kier alpha value is -0.870. The summed E-state index contributed by atoms with van der Waals surface area (Å²) in [6, 6.07) is 0. The molecule has 2 unspecified atom stereocenters. The standard InChI is InChI=1S/C14H26O4S.C5H12O4/c1-4-5-6-7-8-9-10-18-14(17)12(3)19-11(2)13(15)16;6-1-5(2-7,3-8)4-9/h11-12H,4-10H2,1-3H3,(H,15,16);6-9H,1-4H2/p-1. The molecule has 2 atom stereocenters. The summed E-state index contributed by atoms with van der Waals surface area (Å²) in [6.45, 7) is 4.15. The highest BCUT2D eigenvalue weighted by molar-refractivity contribution is 8.01. The van der Waals surface area contributed by atoms with Gasteiger partial charge in [0.05, 0.1) is 44.4 Å². The van der Waals surface area contributed by atoms with Crippen LogP contribution in [0.2, 0.25) is 0 Å². The number of carbonyl (C=O) groups is 2. The van der Waals surface area contributed by atoms with Gasteiger partial charge in [-0.05, 0) is 20.3 Å². The minimum atomic E-state index is -1.15. The van der Waals surface area contributed by atoms with E-state index in [4.69, 9.17) is 25.2 Å². The number of thioether (sulfide) groups is 1. The number of carboxylic acid groups (broad SMARTS) is 1. The predicted molar refractivity (Wildman–Crippen MR) is 107 cm³/mol. The first-order chi connectivity index (χ1) is 13.2. The lowest BCUT2D eigenvalue weighted by Gasteiger charge is -2.23. The van der Waals surface area contributed by atoms with Gasteiger partial charge >= 0.3 is 5.97 Å². The topological polar surface area (TPSA) is 147 Å². The predicted octanol–water partition coefficient (Wildman–Crippen LogP) is 0.0922. The van der Waals surface area contributed by atoms with Crippen LogP contribution in [-0.2, 0) is 14.3 Å². The van der Waals surface area contributed by atoms with E-state index in [9.17, 15) is 14.7 Å². The first kappa shape index (κ1) is 29.3. The van der Waals surface area contributed by atoms with Crippen molar-refractivity contribution in [1.82, 2.24) is 0 Å². The van der Waals surface area contributed by atoms with E-state index in [2.05, 4.69) is 6.92 Å². The molecule has 0 rings (SSSR count). The van der Waals surface area contributed by atoms with E-state index in [0.29, 0.717) is 6.61 Å². The second kappa shape index (κ2) is 18.2. The van der Waals surface area contributed by atoms with E-state index in [1.54, 1.807) is 6.92 Å². The highest BCUT2D eigenvalue weighted by Crippen LogP contribution is 2.18. The summed E-state index contributed by atoms with van der Waals surface area (Å²) in [6.07, 6.45) is 6.85. The zero-order chi connectivity index (χ0) is 22.0. The van der Waals surface area contributed by atoms with Crippen molar-refractivity contribution in [3.63, 3.8) is 0 Å². The largest absolute Gasteiger partial charge is 0.549 e. The van der Waals surface area contributed by atoms with Crippen molar-refractivity contribution in [2.24, 2.45) is 5.41 Å². The first-order valence-electron chi connectivity index (χ1n) is 9.69. The molecular weight excluding hydrogens is 388 g/mol. The maximum atomic E-state index is 11.6. The van der Waals surface area contributed by atoms with Gasteiger partial charge in [-0.2, -0.15) is 0 Å². The molecule has 28 heavy (non-hydrogen) atoms. The number of aliphatic carboxylic acids is 1. The van der Waals surface area contributed by atoms with Crippen molar-refractivity contribution in [1.29, 1.82) is 0 Å². The third-order valence-corrected chi connectivity index (χ3v) is 5.36. The molecule has 0 saturated carbocycles. The zero-order valence-corrected chi connectivity index (χ0v) is 18.1. The van der Waals surface area contributed by atoms with Gasteiger partial charge in [0.1, 0.15) is 5.25 Å². The van der Waals surface area contributed by atoms with Crippen LogP contribution in [0.25, 0.3) is 0 Å². The molecule has 9 heteroatoms. The molecule has 0 heterocycles. The minimum Gasteiger partial charge on any atom is -0.549 e. The lowest BCUT2D eigenvalue weighted by Crippen LogP contribution is -2.37. The Labute approximate surface area is 172 Å². The fourth-order valence-electron chi connectivity index (χ4n) is 1.89. The number of aliphatic hydroxyl groups excluding tert-OH is 4. The third-order valence-electron chi connectivity index (χ3n) is 4.16. The number of aliphatic hydroxyl groups is 4. The number of unbranched alkanes of at least 4 members (excludes halogenated alkanes) is 5. The maximum Gasteiger partial charge on any atom is 0.318 e. The minimum absolute atomic E-state index is 0.341. The number of hydrogen-bond donors (Lipinski definition) is 4. The number of rotatable bonds is 15. The summed E-state index contributed by atoms with van der Waals surface area (Å²) in [5, 5.41) is 43.4. The van der Waals surface area contributed by atoms with Gasteiger partial charge < -0.3 is 35.1 Å². The molecule has 4 N–H and O–H groups in total. The van der Waals surface area contributed by atoms with Gasteiger partial charge in [0.15, 0.2) is 0 Å². The Bertz CT molecular complexity index is 384. The number of esters is 1. The van der Waals surface area contributed by atoms with Gasteiger partial charge in [-0.15, -0.1) is 11.8 Å². The second-order valence-electron chi connectivity index (χ2n) is 6.81. The van der Waals surface area contributed by atoms with Crippen molar-refractivity contribution in [3.8, 4) is 0 Å². The molecule has 0 fully saturated rings. The molecule has 0 spiro atoms. The van der Waals surface area contributed by atoms with Crippen LogP contribution >= 0.6 is 11.8 Å². The lowest BCUT2D eigenvalue weighted by molar-refractivity contribution is -0.304. The summed E-state index contributed by atoms with van der Waals surface area (Å²) in [7, 11) is 0. The van der Waals surface area contributed by atoms with Crippen molar-refractivity contribution in [2.75, 3.05) is 33.0 Å². The summed E-state index contributed by atoms with van der Waals surface area (Å²) < 4.78 is 5.12. The number of carboxylic acids is 1. The Morgan fingerprint density at radius 2 is 1.36 bits per heavy atom. The molecule has 0 aliphatic heterocycles. The molecule has 0 aliphatic rings. The van der Waals surface area contributed by atoms with E-state index < -0.39 is 48.3 Å². The summed E-state index contributed by atoms with van der Waals surface area (Å²) in [5.74, 6) is -1.49. The van der Waals surface area contributed by atoms with Crippen LogP contribution < -0.4 is 5.11 Å². The molecule has 0 aromatic rings. The van der Waals surface area contributed by atoms with Crippen molar-refractivity contribution in [3.05, 3.63) is 0 Å². The summed E-state index contributed by atoms with van der Waals surface area (Å²) >= 11 is 1.05. The monoisotopic (exact) mass is 425 g/mol. The Kier molecular flexibility index (Phi) is 19.0. The lowest BCUT2D eigenvalue weighted by atomic mass is 9.93. The molecule has 0 amide bonds. The second-order valence-corrected chi connectivity index (χ2v) is 8.49. The number of carbonyl (C=O) groups excluding carboxylic acids is 2. The van der Waals surface area contributed by atoms with Crippen molar-refractivity contribution >= 4 is 23.7 Å². The third kappa shape index (κ3) is 14.2. The van der Waals surface area contributed by atoms with Crippen LogP contribution in [-0.4, -0.2) is 75.9 Å². The van der Waals surface area contributed by atoms with Gasteiger partial charge in [-0.25, -0.2) is 0 Å². The van der Waals surface area contributed by atoms with E-state index in [1.165, 1.54) is 32.6 Å². The molecule has 0 saturated heterocycles. The highest BCUT2D eigenvalue weighted by Gasteiger charge is 2.26. The average molecular weight is 426 g/mol. The Balaban J connectivity index is 0. The zero-order valence-electron chi connectivity index (χ0n) is 17.3. The maximum absolute atomic E-state index is 11.6. The smallest absolute Gasteiger partial charge is 0.318 e. The van der Waals surface area contributed by atoms with Crippen LogP contribution in [0.5, 0.6) is 0 Å². The molecule has 0 bridgehead atoms. The first-order valence-corrected chi connectivity index (χ1v) is 10.6. The van der Waals surface area contributed by atoms with Crippen molar-refractivity contribution in [2.45, 2.75) is 69.8 Å². The van der Waals surface area contributed by atoms with Crippen LogP contribution in [0.1, 0.15) is 59.3 Å². The summed E-state index contributed by atoms with van der Waals surface area (Å²) in [5.41, 5.74) is -1.11. The number of hydrogen-bond acceptors (Lipinski definition) is 9. The normalized spacial score (nSPS) is 13.2. The van der Waals surface area contributed by atoms with Gasteiger partial charge in [0.25, 0.3) is 0 Å². The van der Waals surface area contributed by atoms with Gasteiger partial charge in [0.2, 0.25) is 0 Å². The van der Waals surface area contributed by atoms with E-state index >= 15 is 0 Å². The van der Waals surface area contributed by atoms with Gasteiger partial charge in [-0.3, -0.25) is 4.79 Å². The van der Waals surface area contributed by atoms with Crippen LogP contribution in [0.4, 0.5) is 0 Å². The quantitative estimate of drug-likeness (QED) is 0.212. The number of ether oxygens (including phenoxy) is 1. The Morgan fingerprint density at radius 3 is 1.75 bits per heavy atom. The molecule has 0 aliphatic carbocycles. The van der Waals surface area contributed by atoms with Crippen molar-refractivity contribution < 1.29 is 39.9 Å². The molecule has 168 valence electrons. The molecule has 0 aromatic heterocycles. The summed E-state index contributed by atoms with van der Waals surface area (Å²) in [4.78, 5) is 22.1. The van der Waals surface area contributed by atoms with Crippen LogP contribution in [0.3, 0.4) is 0 Å². The SMILES string of the molecule is CCCCCCCCOC(=O)C(C)SC(C)C(=O)[O-].OCC(CO)(CO)CO. The Morgan fingerprint density at radius 1 is 0.893 bits per heavy atom. The molecular formula is C19H37O8S-. The van der Waals surface area contributed by atoms with Crippen LogP contribution in [0, 0.1) is 5.41 Å². The van der Waals surface area contributed by atoms with E-state index in [-0.39, 0.29) is 5.97 Å². The highest BCUT2D eigenvalue weighted by atomic mass is 32.2. The van der Waals surface area contributed by atoms with Gasteiger partial charge in [0, 0.05) is 5.25 Å². The molecule has 0 radical (unpaired) electrons. The van der Waals surface area contributed by atoms with Gasteiger partial charge in [-0.1, -0.05) is 39.0 Å². The van der Waals surface area contributed by atoms with E-state index in [0.717, 1.165) is 24.6 Å². The fraction of sp³-hybridized carbons (Fsp3) is 0.895. The van der Waals surface area contributed by atoms with Crippen LogP contribution in [0.15, 0.2) is 0 Å². The average Bonchev–Trinajstić information content (AvgIpc) is 2.69.